The topological polar surface area (TPSA) is 112 Å². The number of hydrogen-bond acceptors (Lipinski definition) is 8. The van der Waals surface area contributed by atoms with Crippen LogP contribution in [0.3, 0.4) is 0 Å². The Kier molecular flexibility index (Phi) is 8.21. The Labute approximate surface area is 176 Å². The molecule has 0 aliphatic carbocycles. The Morgan fingerprint density at radius 1 is 0.967 bits per heavy atom. The summed E-state index contributed by atoms with van der Waals surface area (Å²) >= 11 is 0. The Balaban J connectivity index is 1.17. The largest absolute Gasteiger partial charge is 0.494 e. The van der Waals surface area contributed by atoms with Crippen LogP contribution in [0, 0.1) is 0 Å². The van der Waals surface area contributed by atoms with Crippen molar-refractivity contribution in [3.63, 3.8) is 0 Å². The summed E-state index contributed by atoms with van der Waals surface area (Å²) in [4.78, 5) is 22.5. The third kappa shape index (κ3) is 5.78. The number of rotatable bonds is 12. The van der Waals surface area contributed by atoms with Crippen LogP contribution in [0.5, 0.6) is 5.75 Å². The molecule has 3 rings (SSSR count). The fourth-order valence-electron chi connectivity index (χ4n) is 3.62. The maximum absolute atomic E-state index is 11.2. The minimum atomic E-state index is -1.36. The molecule has 1 aromatic carbocycles. The molecule has 166 valence electrons. The molecule has 2 saturated heterocycles. The highest BCUT2D eigenvalue weighted by Crippen LogP contribution is 2.32. The lowest BCUT2D eigenvalue weighted by molar-refractivity contribution is -0.187. The van der Waals surface area contributed by atoms with Crippen LogP contribution in [0.25, 0.3) is 0 Å². The molecule has 2 aliphatic heterocycles. The van der Waals surface area contributed by atoms with E-state index in [0.29, 0.717) is 18.8 Å². The van der Waals surface area contributed by atoms with Crippen molar-refractivity contribution >= 4 is 11.8 Å². The number of hydrogen-bond donors (Lipinski definition) is 2. The average molecular weight is 422 g/mol. The zero-order chi connectivity index (χ0) is 21.5. The lowest BCUT2D eigenvalue weighted by Crippen LogP contribution is -2.33. The molecule has 2 N–H and O–H groups in total. The Morgan fingerprint density at radius 2 is 1.60 bits per heavy atom. The van der Waals surface area contributed by atoms with Gasteiger partial charge in [0.25, 0.3) is 0 Å². The van der Waals surface area contributed by atoms with Crippen molar-refractivity contribution in [2.24, 2.45) is 0 Å². The van der Waals surface area contributed by atoms with Crippen LogP contribution in [0.2, 0.25) is 0 Å². The van der Waals surface area contributed by atoms with Gasteiger partial charge in [-0.25, -0.2) is 4.79 Å². The van der Waals surface area contributed by atoms with E-state index in [1.165, 1.54) is 0 Å². The minimum Gasteiger partial charge on any atom is -0.494 e. The van der Waals surface area contributed by atoms with E-state index in [9.17, 15) is 19.8 Å². The van der Waals surface area contributed by atoms with E-state index in [2.05, 4.69) is 0 Å². The second-order valence-corrected chi connectivity index (χ2v) is 7.73. The highest BCUT2D eigenvalue weighted by Gasteiger charge is 2.56. The second kappa shape index (κ2) is 10.9. The summed E-state index contributed by atoms with van der Waals surface area (Å²) in [5, 5.41) is 19.7. The summed E-state index contributed by atoms with van der Waals surface area (Å²) in [6.07, 6.45) is 1.04. The minimum absolute atomic E-state index is 0.0470. The van der Waals surface area contributed by atoms with Gasteiger partial charge in [0.1, 0.15) is 18.0 Å². The van der Waals surface area contributed by atoms with Gasteiger partial charge in [-0.1, -0.05) is 25.7 Å². The molecular formula is C22H30O8. The monoisotopic (exact) mass is 422 g/mol. The summed E-state index contributed by atoms with van der Waals surface area (Å²) in [6.45, 7) is 2.63. The number of esters is 1. The van der Waals surface area contributed by atoms with Gasteiger partial charge < -0.3 is 29.2 Å². The zero-order valence-electron chi connectivity index (χ0n) is 17.2. The van der Waals surface area contributed by atoms with Gasteiger partial charge in [0.2, 0.25) is 0 Å². The molecule has 2 fully saturated rings. The van der Waals surface area contributed by atoms with Gasteiger partial charge in [0, 0.05) is 12.2 Å². The molecule has 0 amide bonds. The highest BCUT2D eigenvalue weighted by atomic mass is 16.7. The lowest BCUT2D eigenvalue weighted by Gasteiger charge is -2.17. The quantitative estimate of drug-likeness (QED) is 0.299. The van der Waals surface area contributed by atoms with Crippen molar-refractivity contribution in [1.82, 2.24) is 0 Å². The molecule has 5 atom stereocenters. The first-order valence-corrected chi connectivity index (χ1v) is 10.5. The number of carbonyl (C=O) groups is 2. The number of aliphatic hydroxyl groups is 2. The van der Waals surface area contributed by atoms with Crippen LogP contribution < -0.4 is 4.74 Å². The molecule has 0 unspecified atom stereocenters. The molecule has 8 nitrogen and oxygen atoms in total. The smallest absolute Gasteiger partial charge is 0.338 e. The van der Waals surface area contributed by atoms with Gasteiger partial charge >= 0.3 is 5.97 Å². The Bertz CT molecular complexity index is 704. The van der Waals surface area contributed by atoms with E-state index >= 15 is 0 Å². The van der Waals surface area contributed by atoms with E-state index in [0.717, 1.165) is 44.3 Å². The zero-order valence-corrected chi connectivity index (χ0v) is 17.2. The predicted molar refractivity (Wildman–Crippen MR) is 106 cm³/mol. The number of ether oxygens (including phenoxy) is 4. The number of aliphatic hydroxyl groups excluding tert-OH is 2. The highest BCUT2D eigenvalue weighted by molar-refractivity contribution is 5.94. The predicted octanol–water partition coefficient (Wildman–Crippen LogP) is 2.00. The maximum atomic E-state index is 11.2. The third-order valence-electron chi connectivity index (χ3n) is 5.39. The van der Waals surface area contributed by atoms with Crippen LogP contribution in [-0.2, 0) is 19.0 Å². The molecule has 0 spiro atoms. The molecule has 2 heterocycles. The molecule has 0 saturated carbocycles. The number of benzene rings is 1. The van der Waals surface area contributed by atoms with Gasteiger partial charge in [-0.2, -0.15) is 0 Å². The van der Waals surface area contributed by atoms with Crippen LogP contribution in [0.15, 0.2) is 24.3 Å². The number of fused-ring (bicyclic) bond motifs is 1. The van der Waals surface area contributed by atoms with E-state index in [4.69, 9.17) is 18.9 Å². The van der Waals surface area contributed by atoms with Crippen LogP contribution in [-0.4, -0.2) is 65.9 Å². The first-order valence-electron chi connectivity index (χ1n) is 10.5. The molecule has 1 aromatic rings. The Hall–Kier alpha value is -2.00. The molecule has 0 aromatic heterocycles. The van der Waals surface area contributed by atoms with E-state index < -0.39 is 36.7 Å². The van der Waals surface area contributed by atoms with Gasteiger partial charge in [-0.05, 0) is 44.0 Å². The van der Waals surface area contributed by atoms with Gasteiger partial charge in [-0.3, -0.25) is 4.79 Å². The fraction of sp³-hybridized carbons (Fsp3) is 0.636. The third-order valence-corrected chi connectivity index (χ3v) is 5.39. The van der Waals surface area contributed by atoms with E-state index in [1.807, 2.05) is 12.1 Å². The van der Waals surface area contributed by atoms with Crippen molar-refractivity contribution in [2.75, 3.05) is 13.2 Å². The molecule has 8 heteroatoms. The normalized spacial score (nSPS) is 27.7. The molecule has 0 radical (unpaired) electrons. The van der Waals surface area contributed by atoms with Crippen LogP contribution in [0.1, 0.15) is 55.8 Å². The molecule has 30 heavy (non-hydrogen) atoms. The Morgan fingerprint density at radius 3 is 2.23 bits per heavy atom. The fourth-order valence-corrected chi connectivity index (χ4v) is 3.62. The van der Waals surface area contributed by atoms with Crippen molar-refractivity contribution < 1.29 is 38.7 Å². The molecule has 2 aliphatic rings. The van der Waals surface area contributed by atoms with Crippen LogP contribution in [0.4, 0.5) is 0 Å². The number of unbranched alkanes of at least 4 members (excludes halogenated alkanes) is 5. The second-order valence-electron chi connectivity index (χ2n) is 7.73. The van der Waals surface area contributed by atoms with Crippen molar-refractivity contribution in [2.45, 2.75) is 76.2 Å². The standard InChI is InChI=1S/C22H30O8/c1-14(23)15-8-10-16(11-9-15)27-12-6-4-2-3-5-7-13-28-22-18(25)20-19(30-22)17(24)21(26)29-20/h8-11,17-20,22,24-25H,2-7,12-13H2,1H3/t17-,18-,19-,20-,22-/m1/s1. The van der Waals surface area contributed by atoms with Crippen molar-refractivity contribution in [1.29, 1.82) is 0 Å². The first-order chi connectivity index (χ1) is 14.5. The maximum Gasteiger partial charge on any atom is 0.338 e. The average Bonchev–Trinajstić information content (AvgIpc) is 3.19. The lowest BCUT2D eigenvalue weighted by atomic mass is 10.1. The van der Waals surface area contributed by atoms with Gasteiger partial charge in [0.15, 0.2) is 24.3 Å². The van der Waals surface area contributed by atoms with Crippen LogP contribution >= 0.6 is 0 Å². The van der Waals surface area contributed by atoms with E-state index in [1.54, 1.807) is 19.1 Å². The van der Waals surface area contributed by atoms with E-state index in [-0.39, 0.29) is 5.78 Å². The summed E-state index contributed by atoms with van der Waals surface area (Å²) in [5.41, 5.74) is 0.684. The van der Waals surface area contributed by atoms with Crippen molar-refractivity contribution in [3.05, 3.63) is 29.8 Å². The SMILES string of the molecule is CC(=O)c1ccc(OCCCCCCCCO[C@@H]2O[C@H]3[C@H](OC(=O)[C@@H]3O)[C@H]2O)cc1. The summed E-state index contributed by atoms with van der Waals surface area (Å²) in [5.74, 6) is 0.0597. The molecule has 0 bridgehead atoms. The number of ketones is 1. The van der Waals surface area contributed by atoms with Crippen molar-refractivity contribution in [3.8, 4) is 5.75 Å². The van der Waals surface area contributed by atoms with Gasteiger partial charge in [-0.15, -0.1) is 0 Å². The summed E-state index contributed by atoms with van der Waals surface area (Å²) in [6, 6.07) is 7.19. The van der Waals surface area contributed by atoms with Gasteiger partial charge in [0.05, 0.1) is 6.61 Å². The summed E-state index contributed by atoms with van der Waals surface area (Å²) in [7, 11) is 0. The summed E-state index contributed by atoms with van der Waals surface area (Å²) < 4.78 is 21.5. The molecular weight excluding hydrogens is 392 g/mol. The number of carbonyl (C=O) groups excluding carboxylic acids is 2. The number of Topliss-reactive ketones (excluding diaryl/α,β-unsaturated/α-hetero) is 1. The first kappa shape index (κ1) is 22.7.